The Kier molecular flexibility index (Phi) is 5.44. The van der Waals surface area contributed by atoms with Gasteiger partial charge in [0.2, 0.25) is 0 Å². The maximum Gasteiger partial charge on any atom is 0.420 e. The lowest BCUT2D eigenvalue weighted by molar-refractivity contribution is -0.136. The Morgan fingerprint density at radius 3 is 2.47 bits per heavy atom. The van der Waals surface area contributed by atoms with Crippen LogP contribution in [0.2, 0.25) is 5.15 Å². The van der Waals surface area contributed by atoms with Crippen LogP contribution in [-0.2, 0) is 6.18 Å². The minimum absolute atomic E-state index is 0.204. The first-order valence-electron chi connectivity index (χ1n) is 10.3. The molecule has 0 saturated heterocycles. The number of amides is 1. The minimum atomic E-state index is -4.71. The van der Waals surface area contributed by atoms with Gasteiger partial charge < -0.3 is 9.32 Å². The van der Waals surface area contributed by atoms with Crippen LogP contribution in [0, 0.1) is 5.82 Å². The van der Waals surface area contributed by atoms with Gasteiger partial charge in [0.1, 0.15) is 11.0 Å². The van der Waals surface area contributed by atoms with E-state index in [1.807, 2.05) is 6.08 Å². The molecule has 4 aromatic rings. The van der Waals surface area contributed by atoms with E-state index in [0.29, 0.717) is 18.5 Å². The molecule has 0 aliphatic carbocycles. The zero-order chi connectivity index (χ0) is 24.0. The number of benzene rings is 1. The molecular formula is C24H16ClF4N3O2. The van der Waals surface area contributed by atoms with Crippen LogP contribution < -0.4 is 0 Å². The number of hydrogen-bond donors (Lipinski definition) is 0. The van der Waals surface area contributed by atoms with Crippen LogP contribution in [0.4, 0.5) is 17.6 Å². The van der Waals surface area contributed by atoms with E-state index in [9.17, 15) is 22.4 Å². The zero-order valence-electron chi connectivity index (χ0n) is 17.4. The first-order valence-corrected chi connectivity index (χ1v) is 10.7. The van der Waals surface area contributed by atoms with Crippen molar-refractivity contribution in [3.8, 4) is 11.1 Å². The predicted octanol–water partition coefficient (Wildman–Crippen LogP) is 6.34. The van der Waals surface area contributed by atoms with Crippen LogP contribution in [-0.4, -0.2) is 33.3 Å². The van der Waals surface area contributed by atoms with E-state index < -0.39 is 23.3 Å². The van der Waals surface area contributed by atoms with Crippen molar-refractivity contribution in [2.24, 2.45) is 0 Å². The third-order valence-electron chi connectivity index (χ3n) is 5.74. The van der Waals surface area contributed by atoms with Crippen molar-refractivity contribution in [1.29, 1.82) is 0 Å². The molecule has 0 radical (unpaired) electrons. The molecule has 0 spiro atoms. The number of carbonyl (C=O) groups excluding carboxylic acids is 1. The molecule has 34 heavy (non-hydrogen) atoms. The summed E-state index contributed by atoms with van der Waals surface area (Å²) in [6.45, 7) is 0.542. The SMILES string of the molecule is O=C(c1nc2c(C(F)(F)F)cc(-c3ccoc3)cn2c1Cl)N1CC=C(c2ccc(F)cc2)CC1. The summed E-state index contributed by atoms with van der Waals surface area (Å²) >= 11 is 6.38. The fraction of sp³-hybridized carbons (Fsp3) is 0.167. The molecule has 1 aliphatic rings. The normalized spacial score (nSPS) is 14.5. The topological polar surface area (TPSA) is 50.8 Å². The van der Waals surface area contributed by atoms with Gasteiger partial charge in [-0.3, -0.25) is 9.20 Å². The van der Waals surface area contributed by atoms with Gasteiger partial charge in [-0.05, 0) is 41.8 Å². The van der Waals surface area contributed by atoms with Crippen molar-refractivity contribution in [3.63, 3.8) is 0 Å². The van der Waals surface area contributed by atoms with Gasteiger partial charge >= 0.3 is 6.18 Å². The second-order valence-corrected chi connectivity index (χ2v) is 8.19. The number of nitrogens with zero attached hydrogens (tertiary/aromatic N) is 3. The summed E-state index contributed by atoms with van der Waals surface area (Å²) in [7, 11) is 0. The molecule has 0 atom stereocenters. The first-order chi connectivity index (χ1) is 16.2. The lowest BCUT2D eigenvalue weighted by Gasteiger charge is -2.26. The van der Waals surface area contributed by atoms with Gasteiger partial charge in [0.15, 0.2) is 11.3 Å². The van der Waals surface area contributed by atoms with Crippen molar-refractivity contribution in [2.45, 2.75) is 12.6 Å². The van der Waals surface area contributed by atoms with E-state index in [1.165, 1.54) is 41.8 Å². The molecular weight excluding hydrogens is 474 g/mol. The van der Waals surface area contributed by atoms with Gasteiger partial charge in [-0.15, -0.1) is 0 Å². The van der Waals surface area contributed by atoms with Crippen molar-refractivity contribution < 1.29 is 26.8 Å². The fourth-order valence-corrected chi connectivity index (χ4v) is 4.23. The molecule has 1 aliphatic heterocycles. The number of carbonyl (C=O) groups is 1. The van der Waals surface area contributed by atoms with Crippen LogP contribution in [0.1, 0.15) is 28.0 Å². The van der Waals surface area contributed by atoms with E-state index in [2.05, 4.69) is 4.98 Å². The van der Waals surface area contributed by atoms with E-state index in [1.54, 1.807) is 12.1 Å². The number of alkyl halides is 3. The average molecular weight is 490 g/mol. The molecule has 0 fully saturated rings. The number of furan rings is 1. The smallest absolute Gasteiger partial charge is 0.420 e. The Morgan fingerprint density at radius 1 is 1.09 bits per heavy atom. The maximum absolute atomic E-state index is 13.8. The lowest BCUT2D eigenvalue weighted by atomic mass is 9.99. The Balaban J connectivity index is 1.50. The summed E-state index contributed by atoms with van der Waals surface area (Å²) < 4.78 is 60.7. The molecule has 0 unspecified atom stereocenters. The summed E-state index contributed by atoms with van der Waals surface area (Å²) in [6.07, 6.45) is 1.67. The highest BCUT2D eigenvalue weighted by Gasteiger charge is 2.36. The second-order valence-electron chi connectivity index (χ2n) is 7.83. The monoisotopic (exact) mass is 489 g/mol. The highest BCUT2D eigenvalue weighted by Crippen LogP contribution is 2.37. The van der Waals surface area contributed by atoms with Crippen molar-refractivity contribution in [2.75, 3.05) is 13.1 Å². The number of fused-ring (bicyclic) bond motifs is 1. The molecule has 3 aromatic heterocycles. The van der Waals surface area contributed by atoms with Gasteiger partial charge in [-0.25, -0.2) is 9.37 Å². The molecule has 0 saturated carbocycles. The van der Waals surface area contributed by atoms with E-state index in [-0.39, 0.29) is 28.8 Å². The fourth-order valence-electron chi connectivity index (χ4n) is 3.98. The van der Waals surface area contributed by atoms with Crippen LogP contribution in [0.25, 0.3) is 22.3 Å². The average Bonchev–Trinajstić information content (AvgIpc) is 3.47. The zero-order valence-corrected chi connectivity index (χ0v) is 18.2. The number of imidazole rings is 1. The molecule has 0 N–H and O–H groups in total. The third-order valence-corrected chi connectivity index (χ3v) is 6.10. The summed E-state index contributed by atoms with van der Waals surface area (Å²) in [5.41, 5.74) is 0.735. The van der Waals surface area contributed by atoms with Crippen LogP contribution >= 0.6 is 11.6 Å². The number of pyridine rings is 1. The summed E-state index contributed by atoms with van der Waals surface area (Å²) in [5, 5.41) is -0.204. The molecule has 10 heteroatoms. The van der Waals surface area contributed by atoms with E-state index in [4.69, 9.17) is 16.0 Å². The van der Waals surface area contributed by atoms with Crippen LogP contribution in [0.15, 0.2) is 65.6 Å². The van der Waals surface area contributed by atoms with E-state index in [0.717, 1.165) is 21.6 Å². The number of halogens is 5. The maximum atomic E-state index is 13.8. The largest absolute Gasteiger partial charge is 0.472 e. The van der Waals surface area contributed by atoms with Gasteiger partial charge in [0.05, 0.1) is 18.1 Å². The summed E-state index contributed by atoms with van der Waals surface area (Å²) in [6, 6.07) is 8.52. The quantitative estimate of drug-likeness (QED) is 0.316. The van der Waals surface area contributed by atoms with Gasteiger partial charge in [-0.2, -0.15) is 13.2 Å². The van der Waals surface area contributed by atoms with Crippen LogP contribution in [0.3, 0.4) is 0 Å². The van der Waals surface area contributed by atoms with Crippen molar-refractivity contribution >= 4 is 28.7 Å². The van der Waals surface area contributed by atoms with Gasteiger partial charge in [0.25, 0.3) is 5.91 Å². The Labute approximate surface area is 195 Å². The summed E-state index contributed by atoms with van der Waals surface area (Å²) in [4.78, 5) is 18.6. The van der Waals surface area contributed by atoms with Gasteiger partial charge in [0, 0.05) is 30.4 Å². The number of aromatic nitrogens is 2. The Morgan fingerprint density at radius 2 is 1.85 bits per heavy atom. The van der Waals surface area contributed by atoms with E-state index >= 15 is 0 Å². The lowest BCUT2D eigenvalue weighted by Crippen LogP contribution is -2.35. The highest BCUT2D eigenvalue weighted by molar-refractivity contribution is 6.33. The third kappa shape index (κ3) is 3.96. The van der Waals surface area contributed by atoms with Crippen LogP contribution in [0.5, 0.6) is 0 Å². The number of hydrogen-bond acceptors (Lipinski definition) is 3. The second kappa shape index (κ2) is 8.32. The highest BCUT2D eigenvalue weighted by atomic mass is 35.5. The Bertz CT molecular complexity index is 1410. The molecule has 4 heterocycles. The minimum Gasteiger partial charge on any atom is -0.472 e. The first kappa shape index (κ1) is 22.2. The predicted molar refractivity (Wildman–Crippen MR) is 118 cm³/mol. The van der Waals surface area contributed by atoms with Crippen molar-refractivity contribution in [3.05, 3.63) is 89.0 Å². The molecule has 0 bridgehead atoms. The molecule has 5 nitrogen and oxygen atoms in total. The van der Waals surface area contributed by atoms with Gasteiger partial charge in [-0.1, -0.05) is 29.8 Å². The molecule has 5 rings (SSSR count). The standard InChI is InChI=1S/C24H16ClF4N3O2/c25-21-20(23(33)31-8-5-15(6-9-31)14-1-3-18(26)4-2-14)30-22-19(24(27,28)29)11-17(12-32(21)22)16-7-10-34-13-16/h1-5,7,10-13H,6,8-9H2. The molecule has 1 aromatic carbocycles. The van der Waals surface area contributed by atoms with Crippen molar-refractivity contribution in [1.82, 2.24) is 14.3 Å². The summed E-state index contributed by atoms with van der Waals surface area (Å²) in [5.74, 6) is -0.909. The molecule has 1 amide bonds. The molecule has 174 valence electrons. The number of rotatable bonds is 3. The Hall–Kier alpha value is -3.59.